The van der Waals surface area contributed by atoms with Gasteiger partial charge in [-0.1, -0.05) is 26.0 Å². The van der Waals surface area contributed by atoms with Crippen LogP contribution < -0.4 is 20.3 Å². The fraction of sp³-hybridized carbons (Fsp3) is 0.391. The molecular formula is C23H29N3O3. The number of hydrogen-bond acceptors (Lipinski definition) is 3. The minimum absolute atomic E-state index is 0.177. The van der Waals surface area contributed by atoms with Crippen LogP contribution in [0.5, 0.6) is 5.75 Å². The zero-order chi connectivity index (χ0) is 20.8. The Balaban J connectivity index is 1.60. The lowest BCUT2D eigenvalue weighted by Crippen LogP contribution is -2.36. The van der Waals surface area contributed by atoms with E-state index in [0.717, 1.165) is 41.2 Å². The molecule has 3 rings (SSSR count). The Labute approximate surface area is 172 Å². The molecule has 2 N–H and O–H groups in total. The van der Waals surface area contributed by atoms with Crippen LogP contribution in [0.2, 0.25) is 0 Å². The third-order valence-corrected chi connectivity index (χ3v) is 5.08. The van der Waals surface area contributed by atoms with Crippen LogP contribution in [-0.2, 0) is 17.8 Å². The van der Waals surface area contributed by atoms with Gasteiger partial charge < -0.3 is 20.3 Å². The van der Waals surface area contributed by atoms with Gasteiger partial charge in [-0.3, -0.25) is 4.79 Å². The Morgan fingerprint density at radius 3 is 2.59 bits per heavy atom. The average molecular weight is 396 g/mol. The van der Waals surface area contributed by atoms with Gasteiger partial charge in [-0.15, -0.1) is 0 Å². The number of nitrogens with one attached hydrogen (secondary N) is 2. The van der Waals surface area contributed by atoms with Crippen molar-refractivity contribution in [2.75, 3.05) is 23.9 Å². The molecule has 0 bridgehead atoms. The van der Waals surface area contributed by atoms with Crippen molar-refractivity contribution in [3.63, 3.8) is 0 Å². The first-order valence-electron chi connectivity index (χ1n) is 10.1. The summed E-state index contributed by atoms with van der Waals surface area (Å²) in [5, 5.41) is 5.74. The van der Waals surface area contributed by atoms with E-state index in [9.17, 15) is 9.59 Å². The number of anilines is 2. The van der Waals surface area contributed by atoms with Gasteiger partial charge in [-0.25, -0.2) is 4.79 Å². The number of rotatable bonds is 7. The highest BCUT2D eigenvalue weighted by Crippen LogP contribution is 2.30. The highest BCUT2D eigenvalue weighted by molar-refractivity contribution is 5.97. The zero-order valence-corrected chi connectivity index (χ0v) is 17.3. The number of benzene rings is 2. The van der Waals surface area contributed by atoms with Crippen LogP contribution in [0.4, 0.5) is 16.2 Å². The van der Waals surface area contributed by atoms with E-state index >= 15 is 0 Å². The molecule has 0 unspecified atom stereocenters. The highest BCUT2D eigenvalue weighted by Gasteiger charge is 2.24. The summed E-state index contributed by atoms with van der Waals surface area (Å²) in [6.07, 6.45) is 2.19. The lowest BCUT2D eigenvalue weighted by Gasteiger charge is -2.30. The van der Waals surface area contributed by atoms with E-state index < -0.39 is 0 Å². The van der Waals surface area contributed by atoms with Crippen LogP contribution in [-0.4, -0.2) is 25.6 Å². The number of methoxy groups -OCH3 is 1. The topological polar surface area (TPSA) is 70.7 Å². The normalized spacial score (nSPS) is 13.2. The monoisotopic (exact) mass is 395 g/mol. The van der Waals surface area contributed by atoms with E-state index in [1.165, 1.54) is 0 Å². The third kappa shape index (κ3) is 5.50. The first-order chi connectivity index (χ1) is 14.0. The fourth-order valence-electron chi connectivity index (χ4n) is 3.37. The van der Waals surface area contributed by atoms with Crippen molar-refractivity contribution in [2.24, 2.45) is 5.92 Å². The average Bonchev–Trinajstić information content (AvgIpc) is 2.72. The van der Waals surface area contributed by atoms with Gasteiger partial charge >= 0.3 is 6.03 Å². The molecule has 2 aromatic rings. The van der Waals surface area contributed by atoms with E-state index in [1.54, 1.807) is 7.11 Å². The first-order valence-corrected chi connectivity index (χ1v) is 10.1. The fourth-order valence-corrected chi connectivity index (χ4v) is 3.37. The maximum Gasteiger partial charge on any atom is 0.319 e. The largest absolute Gasteiger partial charge is 0.497 e. The number of urea groups is 1. The smallest absolute Gasteiger partial charge is 0.319 e. The van der Waals surface area contributed by atoms with Gasteiger partial charge in [0.25, 0.3) is 0 Å². The van der Waals surface area contributed by atoms with Crippen molar-refractivity contribution < 1.29 is 14.3 Å². The molecule has 0 saturated heterocycles. The second-order valence-corrected chi connectivity index (χ2v) is 7.73. The number of nitrogens with zero attached hydrogens (tertiary/aromatic N) is 1. The molecule has 154 valence electrons. The van der Waals surface area contributed by atoms with Crippen LogP contribution in [0, 0.1) is 5.92 Å². The number of hydrogen-bond donors (Lipinski definition) is 2. The van der Waals surface area contributed by atoms with Crippen molar-refractivity contribution in [1.29, 1.82) is 0 Å². The van der Waals surface area contributed by atoms with Crippen molar-refractivity contribution in [1.82, 2.24) is 5.32 Å². The molecule has 3 amide bonds. The molecule has 0 aromatic heterocycles. The predicted molar refractivity (Wildman–Crippen MR) is 115 cm³/mol. The summed E-state index contributed by atoms with van der Waals surface area (Å²) in [6, 6.07) is 13.1. The molecule has 29 heavy (non-hydrogen) atoms. The number of carbonyl (C=O) groups is 2. The summed E-state index contributed by atoms with van der Waals surface area (Å²) in [4.78, 5) is 26.5. The molecule has 6 heteroatoms. The van der Waals surface area contributed by atoms with E-state index in [-0.39, 0.29) is 11.9 Å². The minimum Gasteiger partial charge on any atom is -0.497 e. The van der Waals surface area contributed by atoms with Crippen LogP contribution in [0.25, 0.3) is 0 Å². The van der Waals surface area contributed by atoms with Crippen molar-refractivity contribution in [3.8, 4) is 5.75 Å². The van der Waals surface area contributed by atoms with Gasteiger partial charge in [0.2, 0.25) is 5.91 Å². The number of carbonyl (C=O) groups excluding carboxylic acids is 2. The molecule has 1 aliphatic heterocycles. The molecule has 0 radical (unpaired) electrons. The van der Waals surface area contributed by atoms with Crippen LogP contribution in [0.1, 0.15) is 37.8 Å². The Kier molecular flexibility index (Phi) is 6.75. The Morgan fingerprint density at radius 2 is 1.90 bits per heavy atom. The van der Waals surface area contributed by atoms with Crippen molar-refractivity contribution in [3.05, 3.63) is 53.6 Å². The number of amides is 3. The lowest BCUT2D eigenvalue weighted by molar-refractivity contribution is -0.118. The Morgan fingerprint density at radius 1 is 1.14 bits per heavy atom. The van der Waals surface area contributed by atoms with Crippen LogP contribution >= 0.6 is 0 Å². The van der Waals surface area contributed by atoms with Crippen LogP contribution in [0.15, 0.2) is 42.5 Å². The molecule has 0 atom stereocenters. The van der Waals surface area contributed by atoms with E-state index in [2.05, 4.69) is 24.5 Å². The maximum absolute atomic E-state index is 12.3. The predicted octanol–water partition coefficient (Wildman–Crippen LogP) is 4.34. The van der Waals surface area contributed by atoms with Gasteiger partial charge in [0.05, 0.1) is 7.11 Å². The summed E-state index contributed by atoms with van der Waals surface area (Å²) < 4.78 is 5.14. The Bertz CT molecular complexity index is 862. The van der Waals surface area contributed by atoms with Crippen LogP contribution in [0.3, 0.4) is 0 Å². The van der Waals surface area contributed by atoms with E-state index in [4.69, 9.17) is 4.74 Å². The molecule has 1 aliphatic rings. The lowest BCUT2D eigenvalue weighted by atomic mass is 9.99. The molecule has 2 aromatic carbocycles. The zero-order valence-electron chi connectivity index (χ0n) is 17.3. The van der Waals surface area contributed by atoms with Crippen molar-refractivity contribution in [2.45, 2.75) is 39.7 Å². The minimum atomic E-state index is -0.260. The summed E-state index contributed by atoms with van der Waals surface area (Å²) >= 11 is 0. The molecule has 0 fully saturated rings. The van der Waals surface area contributed by atoms with Gasteiger partial charge in [0.1, 0.15) is 5.75 Å². The number of ether oxygens (including phenoxy) is 1. The van der Waals surface area contributed by atoms with Crippen molar-refractivity contribution >= 4 is 23.3 Å². The SMILES string of the molecule is COc1ccc(CNC(=O)Nc2ccc3c(c2)CCC(=O)N3CCC(C)C)cc1. The molecule has 0 saturated carbocycles. The summed E-state index contributed by atoms with van der Waals surface area (Å²) in [7, 11) is 1.62. The summed E-state index contributed by atoms with van der Waals surface area (Å²) in [5.74, 6) is 1.51. The highest BCUT2D eigenvalue weighted by atomic mass is 16.5. The van der Waals surface area contributed by atoms with Gasteiger partial charge in [0, 0.05) is 30.9 Å². The van der Waals surface area contributed by atoms with E-state index in [1.807, 2.05) is 47.4 Å². The van der Waals surface area contributed by atoms with E-state index in [0.29, 0.717) is 25.3 Å². The molecular weight excluding hydrogens is 366 g/mol. The Hall–Kier alpha value is -3.02. The summed E-state index contributed by atoms with van der Waals surface area (Å²) in [6.45, 7) is 5.48. The standard InChI is InChI=1S/C23H29N3O3/c1-16(2)12-13-26-21-10-7-19(14-18(21)6-11-22(26)27)25-23(28)24-15-17-4-8-20(29-3)9-5-17/h4-5,7-10,14,16H,6,11-13,15H2,1-3H3,(H2,24,25,28). The molecule has 0 spiro atoms. The number of aryl methyl sites for hydroxylation is 1. The maximum atomic E-state index is 12.3. The van der Waals surface area contributed by atoms with Gasteiger partial charge in [0.15, 0.2) is 0 Å². The number of fused-ring (bicyclic) bond motifs is 1. The summed E-state index contributed by atoms with van der Waals surface area (Å²) in [5.41, 5.74) is 3.78. The second-order valence-electron chi connectivity index (χ2n) is 7.73. The van der Waals surface area contributed by atoms with Gasteiger partial charge in [-0.05, 0) is 60.2 Å². The first kappa shape index (κ1) is 20.7. The molecule has 0 aliphatic carbocycles. The van der Waals surface area contributed by atoms with Gasteiger partial charge in [-0.2, -0.15) is 0 Å². The quantitative estimate of drug-likeness (QED) is 0.732. The second kappa shape index (κ2) is 9.45. The molecule has 6 nitrogen and oxygen atoms in total. The molecule has 1 heterocycles. The third-order valence-electron chi connectivity index (χ3n) is 5.08.